The van der Waals surface area contributed by atoms with Gasteiger partial charge in [-0.3, -0.25) is 0 Å². The molecule has 0 amide bonds. The topological polar surface area (TPSA) is 49.0 Å². The fourth-order valence-corrected chi connectivity index (χ4v) is 2.09. The van der Waals surface area contributed by atoms with Gasteiger partial charge < -0.3 is 24.3 Å². The Hall–Kier alpha value is -2.24. The van der Waals surface area contributed by atoms with Gasteiger partial charge in [-0.25, -0.2) is 0 Å². The zero-order valence-corrected chi connectivity index (χ0v) is 14.1. The number of hydrogen-bond acceptors (Lipinski definition) is 5. The largest absolute Gasteiger partial charge is 0.493 e. The van der Waals surface area contributed by atoms with Crippen LogP contribution in [-0.4, -0.2) is 46.7 Å². The van der Waals surface area contributed by atoms with Crippen LogP contribution >= 0.6 is 0 Å². The number of benzene rings is 2. The number of para-hydroxylation sites is 3. The molecule has 24 heavy (non-hydrogen) atoms. The summed E-state index contributed by atoms with van der Waals surface area (Å²) in [5, 5.41) is 3.29. The molecule has 0 fully saturated rings. The molecule has 0 radical (unpaired) electrons. The lowest BCUT2D eigenvalue weighted by Crippen LogP contribution is -2.14. The summed E-state index contributed by atoms with van der Waals surface area (Å²) in [7, 11) is 1.63. The van der Waals surface area contributed by atoms with Crippen molar-refractivity contribution in [3.63, 3.8) is 0 Å². The van der Waals surface area contributed by atoms with Crippen molar-refractivity contribution in [2.24, 2.45) is 0 Å². The van der Waals surface area contributed by atoms with Crippen molar-refractivity contribution in [2.45, 2.75) is 0 Å². The summed E-state index contributed by atoms with van der Waals surface area (Å²) in [5.41, 5.74) is 1.10. The Morgan fingerprint density at radius 2 is 1.33 bits per heavy atom. The number of methoxy groups -OCH3 is 1. The number of anilines is 1. The van der Waals surface area contributed by atoms with Crippen LogP contribution in [0.15, 0.2) is 54.6 Å². The summed E-state index contributed by atoms with van der Waals surface area (Å²) in [6.07, 6.45) is 0. The maximum absolute atomic E-state index is 5.62. The highest BCUT2D eigenvalue weighted by atomic mass is 16.6. The van der Waals surface area contributed by atoms with Crippen LogP contribution in [0.2, 0.25) is 0 Å². The number of ether oxygens (including phenoxy) is 4. The van der Waals surface area contributed by atoms with E-state index in [2.05, 4.69) is 5.32 Å². The van der Waals surface area contributed by atoms with E-state index in [9.17, 15) is 0 Å². The molecule has 0 saturated carbocycles. The first kappa shape index (κ1) is 18.1. The van der Waals surface area contributed by atoms with Gasteiger partial charge in [-0.2, -0.15) is 0 Å². The molecule has 2 aromatic carbocycles. The lowest BCUT2D eigenvalue weighted by Gasteiger charge is -2.11. The van der Waals surface area contributed by atoms with E-state index in [4.69, 9.17) is 18.9 Å². The minimum atomic E-state index is 0.482. The Morgan fingerprint density at radius 3 is 2.08 bits per heavy atom. The number of nitrogens with one attached hydrogen (secondary N) is 1. The fraction of sp³-hybridized carbons (Fsp3) is 0.368. The second kappa shape index (κ2) is 11.3. The molecular weight excluding hydrogens is 306 g/mol. The Kier molecular flexibility index (Phi) is 8.54. The number of hydrogen-bond donors (Lipinski definition) is 1. The van der Waals surface area contributed by atoms with E-state index >= 15 is 0 Å². The van der Waals surface area contributed by atoms with Crippen molar-refractivity contribution >= 4 is 5.69 Å². The molecule has 0 spiro atoms. The van der Waals surface area contributed by atoms with Gasteiger partial charge in [0.1, 0.15) is 6.61 Å². The summed E-state index contributed by atoms with van der Waals surface area (Å²) in [5.74, 6) is 1.46. The molecule has 0 aromatic heterocycles. The van der Waals surface area contributed by atoms with Gasteiger partial charge in [0.05, 0.1) is 33.5 Å². The summed E-state index contributed by atoms with van der Waals surface area (Å²) >= 11 is 0. The van der Waals surface area contributed by atoms with Gasteiger partial charge in [0.2, 0.25) is 0 Å². The van der Waals surface area contributed by atoms with Crippen LogP contribution in [0.1, 0.15) is 0 Å². The standard InChI is InChI=1S/C19H25NO4/c1-21-18-9-5-6-10-19(18)24-16-15-23-14-13-22-12-11-20-17-7-3-2-4-8-17/h2-10,20H,11-16H2,1H3. The predicted molar refractivity (Wildman–Crippen MR) is 95.1 cm³/mol. The molecule has 0 aliphatic carbocycles. The molecule has 130 valence electrons. The highest BCUT2D eigenvalue weighted by molar-refractivity contribution is 5.42. The lowest BCUT2D eigenvalue weighted by atomic mass is 10.3. The zero-order valence-electron chi connectivity index (χ0n) is 14.1. The smallest absolute Gasteiger partial charge is 0.161 e. The van der Waals surface area contributed by atoms with Crippen molar-refractivity contribution in [2.75, 3.05) is 52.0 Å². The van der Waals surface area contributed by atoms with Crippen LogP contribution in [0.5, 0.6) is 11.5 Å². The van der Waals surface area contributed by atoms with Crippen molar-refractivity contribution in [1.29, 1.82) is 0 Å². The minimum Gasteiger partial charge on any atom is -0.493 e. The third-order valence-electron chi connectivity index (χ3n) is 3.28. The molecule has 0 aliphatic rings. The van der Waals surface area contributed by atoms with Crippen LogP contribution in [-0.2, 0) is 9.47 Å². The Morgan fingerprint density at radius 1 is 0.708 bits per heavy atom. The van der Waals surface area contributed by atoms with Gasteiger partial charge in [-0.1, -0.05) is 30.3 Å². The molecule has 0 bridgehead atoms. The van der Waals surface area contributed by atoms with E-state index in [1.807, 2.05) is 54.6 Å². The highest BCUT2D eigenvalue weighted by Crippen LogP contribution is 2.25. The van der Waals surface area contributed by atoms with E-state index in [0.717, 1.165) is 23.7 Å². The van der Waals surface area contributed by atoms with Crippen LogP contribution < -0.4 is 14.8 Å². The molecule has 0 saturated heterocycles. The average molecular weight is 331 g/mol. The van der Waals surface area contributed by atoms with E-state index in [0.29, 0.717) is 33.0 Å². The Bertz CT molecular complexity index is 562. The monoisotopic (exact) mass is 331 g/mol. The highest BCUT2D eigenvalue weighted by Gasteiger charge is 2.01. The van der Waals surface area contributed by atoms with Crippen LogP contribution in [0.25, 0.3) is 0 Å². The zero-order chi connectivity index (χ0) is 16.9. The fourth-order valence-electron chi connectivity index (χ4n) is 2.09. The second-order valence-electron chi connectivity index (χ2n) is 5.02. The van der Waals surface area contributed by atoms with Crippen molar-refractivity contribution < 1.29 is 18.9 Å². The third-order valence-corrected chi connectivity index (χ3v) is 3.28. The molecule has 0 atom stereocenters. The molecule has 0 unspecified atom stereocenters. The van der Waals surface area contributed by atoms with E-state index in [1.54, 1.807) is 7.11 Å². The first-order valence-corrected chi connectivity index (χ1v) is 8.10. The average Bonchev–Trinajstić information content (AvgIpc) is 2.64. The predicted octanol–water partition coefficient (Wildman–Crippen LogP) is 3.22. The van der Waals surface area contributed by atoms with E-state index in [1.165, 1.54) is 0 Å². The minimum absolute atomic E-state index is 0.482. The molecule has 5 nitrogen and oxygen atoms in total. The normalized spacial score (nSPS) is 10.4. The summed E-state index contributed by atoms with van der Waals surface area (Å²) < 4.78 is 21.8. The molecule has 0 aliphatic heterocycles. The first-order chi connectivity index (χ1) is 11.9. The Labute approximate surface area is 143 Å². The first-order valence-electron chi connectivity index (χ1n) is 8.10. The molecule has 5 heteroatoms. The quantitative estimate of drug-likeness (QED) is 0.605. The number of rotatable bonds is 12. The van der Waals surface area contributed by atoms with Gasteiger partial charge in [0.25, 0.3) is 0 Å². The van der Waals surface area contributed by atoms with Gasteiger partial charge >= 0.3 is 0 Å². The van der Waals surface area contributed by atoms with E-state index < -0.39 is 0 Å². The second-order valence-corrected chi connectivity index (χ2v) is 5.02. The summed E-state index contributed by atoms with van der Waals surface area (Å²) in [6, 6.07) is 17.6. The van der Waals surface area contributed by atoms with Crippen LogP contribution in [0.3, 0.4) is 0 Å². The third kappa shape index (κ3) is 6.89. The van der Waals surface area contributed by atoms with Gasteiger partial charge in [0, 0.05) is 12.2 Å². The van der Waals surface area contributed by atoms with E-state index in [-0.39, 0.29) is 0 Å². The molecule has 0 heterocycles. The van der Waals surface area contributed by atoms with Crippen LogP contribution in [0, 0.1) is 0 Å². The van der Waals surface area contributed by atoms with Gasteiger partial charge in [-0.05, 0) is 24.3 Å². The van der Waals surface area contributed by atoms with Gasteiger partial charge in [0.15, 0.2) is 11.5 Å². The maximum Gasteiger partial charge on any atom is 0.161 e. The molecule has 2 rings (SSSR count). The Balaban J connectivity index is 1.43. The van der Waals surface area contributed by atoms with Gasteiger partial charge in [-0.15, -0.1) is 0 Å². The van der Waals surface area contributed by atoms with Crippen molar-refractivity contribution in [3.05, 3.63) is 54.6 Å². The van der Waals surface area contributed by atoms with Crippen molar-refractivity contribution in [3.8, 4) is 11.5 Å². The maximum atomic E-state index is 5.62. The molecule has 2 aromatic rings. The van der Waals surface area contributed by atoms with Crippen LogP contribution in [0.4, 0.5) is 5.69 Å². The summed E-state index contributed by atoms with van der Waals surface area (Å²) in [4.78, 5) is 0. The summed E-state index contributed by atoms with van der Waals surface area (Å²) in [6.45, 7) is 3.56. The SMILES string of the molecule is COc1ccccc1OCCOCCOCCNc1ccccc1. The molecular formula is C19H25NO4. The molecule has 1 N–H and O–H groups in total. The van der Waals surface area contributed by atoms with Crippen molar-refractivity contribution in [1.82, 2.24) is 0 Å². The lowest BCUT2D eigenvalue weighted by molar-refractivity contribution is 0.0392.